The molecule has 1 N–H and O–H groups in total. The zero-order chi connectivity index (χ0) is 14.6. The van der Waals surface area contributed by atoms with Crippen molar-refractivity contribution in [3.63, 3.8) is 0 Å². The maximum Gasteiger partial charge on any atom is 0.407 e. The number of hydrogen-bond acceptors (Lipinski definition) is 6. The van der Waals surface area contributed by atoms with E-state index in [4.69, 9.17) is 4.74 Å². The summed E-state index contributed by atoms with van der Waals surface area (Å²) in [5.41, 5.74) is -0.477. The molecule has 0 bridgehead atoms. The summed E-state index contributed by atoms with van der Waals surface area (Å²) in [5.74, 6) is 0.763. The molecule has 0 aliphatic rings. The minimum absolute atomic E-state index is 0.111. The number of hydrogen-bond donors (Lipinski definition) is 1. The molecule has 1 aromatic rings. The van der Waals surface area contributed by atoms with E-state index >= 15 is 0 Å². The number of rotatable bonds is 4. The van der Waals surface area contributed by atoms with Crippen LogP contribution in [0.5, 0.6) is 0 Å². The van der Waals surface area contributed by atoms with Gasteiger partial charge in [0.25, 0.3) is 0 Å². The van der Waals surface area contributed by atoms with Crippen LogP contribution in [0.25, 0.3) is 0 Å². The first-order valence-corrected chi connectivity index (χ1v) is 6.96. The third-order valence-corrected chi connectivity index (χ3v) is 3.32. The Morgan fingerprint density at radius 2 is 2.16 bits per heavy atom. The lowest BCUT2D eigenvalue weighted by Crippen LogP contribution is -2.42. The first kappa shape index (κ1) is 15.7. The second-order valence-corrected chi connectivity index (χ2v) is 6.20. The molecule has 0 radical (unpaired) electrons. The van der Waals surface area contributed by atoms with Gasteiger partial charge < -0.3 is 15.0 Å². The molecule has 6 nitrogen and oxygen atoms in total. The number of carbonyl (C=O) groups is 1. The van der Waals surface area contributed by atoms with E-state index in [1.54, 1.807) is 0 Å². The minimum atomic E-state index is -0.477. The van der Waals surface area contributed by atoms with Crippen LogP contribution >= 0.6 is 11.5 Å². The molecule has 0 aromatic carbocycles. The first-order chi connectivity index (χ1) is 8.69. The zero-order valence-electron chi connectivity index (χ0n) is 12.4. The molecule has 0 aliphatic carbocycles. The summed E-state index contributed by atoms with van der Waals surface area (Å²) in [4.78, 5) is 17.8. The molecule has 1 aromatic heterocycles. The van der Waals surface area contributed by atoms with Crippen LogP contribution in [0.4, 0.5) is 9.93 Å². The van der Waals surface area contributed by atoms with E-state index < -0.39 is 11.7 Å². The fraction of sp³-hybridized carbons (Fsp3) is 0.750. The molecular formula is C12H22N4O2S. The summed E-state index contributed by atoms with van der Waals surface area (Å²) in [6.07, 6.45) is -0.402. The van der Waals surface area contributed by atoms with Gasteiger partial charge in [-0.25, -0.2) is 9.78 Å². The Morgan fingerprint density at radius 3 is 2.63 bits per heavy atom. The van der Waals surface area contributed by atoms with Crippen LogP contribution in [-0.4, -0.2) is 40.7 Å². The van der Waals surface area contributed by atoms with Gasteiger partial charge in [-0.15, -0.1) is 0 Å². The standard InChI is InChI=1S/C12H22N4O2S/c1-8(7-13-11(17)18-12(3,4)5)16(6)10-14-9(2)15-19-10/h8H,7H2,1-6H3,(H,13,17). The van der Waals surface area contributed by atoms with Gasteiger partial charge in [-0.1, -0.05) is 0 Å². The molecule has 0 fully saturated rings. The Labute approximate surface area is 118 Å². The molecule has 1 atom stereocenters. The summed E-state index contributed by atoms with van der Waals surface area (Å²) < 4.78 is 9.32. The number of ether oxygens (including phenoxy) is 1. The lowest BCUT2D eigenvalue weighted by atomic mass is 10.2. The van der Waals surface area contributed by atoms with Crippen LogP contribution < -0.4 is 10.2 Å². The molecule has 7 heteroatoms. The lowest BCUT2D eigenvalue weighted by molar-refractivity contribution is 0.0525. The van der Waals surface area contributed by atoms with Crippen molar-refractivity contribution >= 4 is 22.8 Å². The number of nitrogens with zero attached hydrogens (tertiary/aromatic N) is 3. The number of aryl methyl sites for hydroxylation is 1. The highest BCUT2D eigenvalue weighted by Crippen LogP contribution is 2.17. The largest absolute Gasteiger partial charge is 0.444 e. The Balaban J connectivity index is 2.43. The van der Waals surface area contributed by atoms with Gasteiger partial charge >= 0.3 is 6.09 Å². The van der Waals surface area contributed by atoms with Gasteiger partial charge in [-0.2, -0.15) is 4.37 Å². The van der Waals surface area contributed by atoms with E-state index in [-0.39, 0.29) is 6.04 Å². The number of alkyl carbamates (subject to hydrolysis) is 1. The Morgan fingerprint density at radius 1 is 1.53 bits per heavy atom. The highest BCUT2D eigenvalue weighted by Gasteiger charge is 2.18. The number of carbonyl (C=O) groups excluding carboxylic acids is 1. The molecular weight excluding hydrogens is 264 g/mol. The van der Waals surface area contributed by atoms with Gasteiger partial charge in [-0.05, 0) is 34.6 Å². The van der Waals surface area contributed by atoms with E-state index in [0.717, 1.165) is 11.0 Å². The molecule has 0 aliphatic heterocycles. The molecule has 19 heavy (non-hydrogen) atoms. The summed E-state index contributed by atoms with van der Waals surface area (Å²) in [5, 5.41) is 3.59. The summed E-state index contributed by atoms with van der Waals surface area (Å²) in [7, 11) is 1.93. The van der Waals surface area contributed by atoms with E-state index in [1.165, 1.54) is 11.5 Å². The summed E-state index contributed by atoms with van der Waals surface area (Å²) in [6, 6.07) is 0.111. The van der Waals surface area contributed by atoms with Crippen LogP contribution in [0, 0.1) is 6.92 Å². The van der Waals surface area contributed by atoms with Crippen LogP contribution in [0.1, 0.15) is 33.5 Å². The third-order valence-electron chi connectivity index (χ3n) is 2.42. The fourth-order valence-electron chi connectivity index (χ4n) is 1.30. The molecule has 1 heterocycles. The topological polar surface area (TPSA) is 67.4 Å². The van der Waals surface area contributed by atoms with Crippen LogP contribution in [0.15, 0.2) is 0 Å². The number of nitrogens with one attached hydrogen (secondary N) is 1. The van der Waals surface area contributed by atoms with Crippen molar-refractivity contribution in [1.29, 1.82) is 0 Å². The Kier molecular flexibility index (Phi) is 5.11. The molecule has 0 spiro atoms. The Bertz CT molecular complexity index is 428. The van der Waals surface area contributed by atoms with Crippen molar-refractivity contribution in [3.8, 4) is 0 Å². The monoisotopic (exact) mass is 286 g/mol. The Hall–Kier alpha value is -1.37. The normalized spacial score (nSPS) is 12.9. The zero-order valence-corrected chi connectivity index (χ0v) is 13.2. The van der Waals surface area contributed by atoms with Crippen molar-refractivity contribution in [1.82, 2.24) is 14.7 Å². The molecule has 1 amide bonds. The van der Waals surface area contributed by atoms with Gasteiger partial charge in [0.2, 0.25) is 5.13 Å². The van der Waals surface area contributed by atoms with Crippen molar-refractivity contribution in [2.45, 2.75) is 46.3 Å². The molecule has 1 unspecified atom stereocenters. The second-order valence-electron chi connectivity index (χ2n) is 5.47. The van der Waals surface area contributed by atoms with Gasteiger partial charge in [0.1, 0.15) is 11.4 Å². The van der Waals surface area contributed by atoms with Crippen LogP contribution in [0.3, 0.4) is 0 Å². The van der Waals surface area contributed by atoms with Gasteiger partial charge in [0, 0.05) is 31.2 Å². The predicted octanol–water partition coefficient (Wildman–Crippen LogP) is 2.20. The van der Waals surface area contributed by atoms with Crippen molar-refractivity contribution in [2.75, 3.05) is 18.5 Å². The summed E-state index contributed by atoms with van der Waals surface area (Å²) >= 11 is 1.35. The van der Waals surface area contributed by atoms with Crippen molar-refractivity contribution in [2.24, 2.45) is 0 Å². The van der Waals surface area contributed by atoms with Crippen molar-refractivity contribution in [3.05, 3.63) is 5.82 Å². The highest BCUT2D eigenvalue weighted by atomic mass is 32.1. The number of amides is 1. The summed E-state index contributed by atoms with van der Waals surface area (Å²) in [6.45, 7) is 9.88. The number of anilines is 1. The predicted molar refractivity (Wildman–Crippen MR) is 76.7 cm³/mol. The van der Waals surface area contributed by atoms with Crippen LogP contribution in [0.2, 0.25) is 0 Å². The molecule has 1 rings (SSSR count). The van der Waals surface area contributed by atoms with Gasteiger partial charge in [0.15, 0.2) is 0 Å². The smallest absolute Gasteiger partial charge is 0.407 e. The second kappa shape index (κ2) is 6.18. The number of aromatic nitrogens is 2. The average molecular weight is 286 g/mol. The van der Waals surface area contributed by atoms with E-state index in [9.17, 15) is 4.79 Å². The minimum Gasteiger partial charge on any atom is -0.444 e. The van der Waals surface area contributed by atoms with E-state index in [2.05, 4.69) is 14.7 Å². The maximum absolute atomic E-state index is 11.5. The van der Waals surface area contributed by atoms with E-state index in [1.807, 2.05) is 46.6 Å². The third kappa shape index (κ3) is 5.42. The highest BCUT2D eigenvalue weighted by molar-refractivity contribution is 7.09. The SMILES string of the molecule is Cc1nsc(N(C)C(C)CNC(=O)OC(C)(C)C)n1. The van der Waals surface area contributed by atoms with Crippen LogP contribution in [-0.2, 0) is 4.74 Å². The maximum atomic E-state index is 11.5. The van der Waals surface area contributed by atoms with Crippen molar-refractivity contribution < 1.29 is 9.53 Å². The molecule has 108 valence electrons. The quantitative estimate of drug-likeness (QED) is 0.919. The number of likely N-dealkylation sites (N-methyl/N-ethyl adjacent to an activating group) is 1. The fourth-order valence-corrected chi connectivity index (χ4v) is 2.04. The first-order valence-electron chi connectivity index (χ1n) is 6.19. The van der Waals surface area contributed by atoms with Gasteiger partial charge in [-0.3, -0.25) is 0 Å². The molecule has 0 saturated carbocycles. The average Bonchev–Trinajstić information content (AvgIpc) is 2.69. The lowest BCUT2D eigenvalue weighted by Gasteiger charge is -2.25. The molecule has 0 saturated heterocycles. The van der Waals surface area contributed by atoms with Gasteiger partial charge in [0.05, 0.1) is 0 Å². The van der Waals surface area contributed by atoms with E-state index in [0.29, 0.717) is 6.54 Å².